The number of rotatable bonds is 6. The van der Waals surface area contributed by atoms with Crippen LogP contribution in [0.2, 0.25) is 0 Å². The van der Waals surface area contributed by atoms with Crippen LogP contribution in [0.1, 0.15) is 28.9 Å². The maximum Gasteiger partial charge on any atom is 0.203 e. The van der Waals surface area contributed by atoms with Gasteiger partial charge in [0.25, 0.3) is 0 Å². The molecule has 5 nitrogen and oxygen atoms in total. The lowest BCUT2D eigenvalue weighted by molar-refractivity contribution is 0.0975. The minimum Gasteiger partial charge on any atom is -0.309 e. The molecule has 0 radical (unpaired) electrons. The third-order valence-electron chi connectivity index (χ3n) is 5.16. The minimum atomic E-state index is 0.0671. The van der Waals surface area contributed by atoms with Gasteiger partial charge in [0, 0.05) is 13.1 Å². The number of carbonyl (C=O) groups is 1. The number of nitrogens with zero attached hydrogens (tertiary/aromatic N) is 3. The summed E-state index contributed by atoms with van der Waals surface area (Å²) in [4.78, 5) is 15.8. The highest BCUT2D eigenvalue weighted by molar-refractivity contribution is 7.12. The number of aromatic nitrogens is 2. The van der Waals surface area contributed by atoms with Gasteiger partial charge in [-0.05, 0) is 49.5 Å². The van der Waals surface area contributed by atoms with Crippen LogP contribution in [0.5, 0.6) is 0 Å². The lowest BCUT2D eigenvalue weighted by Gasteiger charge is -2.26. The quantitative estimate of drug-likeness (QED) is 0.679. The van der Waals surface area contributed by atoms with E-state index in [2.05, 4.69) is 11.0 Å². The van der Waals surface area contributed by atoms with Crippen LogP contribution in [0.4, 0.5) is 0 Å². The van der Waals surface area contributed by atoms with E-state index in [0.717, 1.165) is 42.1 Å². The topological polar surface area (TPSA) is 54.0 Å². The van der Waals surface area contributed by atoms with Gasteiger partial charge in [-0.15, -0.1) is 11.3 Å². The predicted molar refractivity (Wildman–Crippen MR) is 105 cm³/mol. The molecule has 26 heavy (non-hydrogen) atoms. The summed E-state index contributed by atoms with van der Waals surface area (Å²) in [5.74, 6) is 0.0671. The first kappa shape index (κ1) is 17.2. The smallest absolute Gasteiger partial charge is 0.203 e. The third kappa shape index (κ3) is 3.39. The predicted octanol–water partition coefficient (Wildman–Crippen LogP) is 3.35. The molecular formula is C20H24N4OS. The number of para-hydroxylation sites is 2. The molecule has 2 aromatic heterocycles. The van der Waals surface area contributed by atoms with E-state index in [0.29, 0.717) is 5.62 Å². The number of imidazole rings is 1. The van der Waals surface area contributed by atoms with E-state index in [1.807, 2.05) is 44.8 Å². The Morgan fingerprint density at radius 3 is 2.38 bits per heavy atom. The molecule has 3 heterocycles. The Morgan fingerprint density at radius 2 is 1.69 bits per heavy atom. The number of thiophene rings is 1. The van der Waals surface area contributed by atoms with Crippen LogP contribution in [0.15, 0.2) is 41.8 Å². The number of hydrogen-bond donors (Lipinski definition) is 1. The average Bonchev–Trinajstić information content (AvgIpc) is 3.29. The van der Waals surface area contributed by atoms with Gasteiger partial charge < -0.3 is 14.0 Å². The zero-order valence-corrected chi connectivity index (χ0v) is 15.7. The molecule has 6 heteroatoms. The number of nitrogens with one attached hydrogen (secondary N) is 1. The molecule has 1 N–H and O–H groups in total. The molecule has 0 saturated carbocycles. The molecule has 0 unspecified atom stereocenters. The summed E-state index contributed by atoms with van der Waals surface area (Å²) in [6.45, 7) is 4.28. The molecule has 1 saturated heterocycles. The zero-order valence-electron chi connectivity index (χ0n) is 14.9. The second-order valence-corrected chi connectivity index (χ2v) is 7.80. The van der Waals surface area contributed by atoms with Gasteiger partial charge in [-0.2, -0.15) is 0 Å². The van der Waals surface area contributed by atoms with E-state index in [1.165, 1.54) is 30.6 Å². The fourth-order valence-electron chi connectivity index (χ4n) is 3.76. The van der Waals surface area contributed by atoms with Crippen LogP contribution in [0, 0.1) is 5.41 Å². The molecule has 1 aromatic carbocycles. The Hall–Kier alpha value is -2.18. The van der Waals surface area contributed by atoms with Crippen molar-refractivity contribution >= 4 is 28.2 Å². The van der Waals surface area contributed by atoms with E-state index in [-0.39, 0.29) is 12.3 Å². The van der Waals surface area contributed by atoms with E-state index >= 15 is 0 Å². The number of carbonyl (C=O) groups excluding carboxylic acids is 1. The third-order valence-corrected chi connectivity index (χ3v) is 6.07. The monoisotopic (exact) mass is 368 g/mol. The van der Waals surface area contributed by atoms with Gasteiger partial charge >= 0.3 is 0 Å². The first-order chi connectivity index (χ1) is 12.7. The number of Topliss-reactive ketones (excluding diaryl/α,β-unsaturated/α-hetero) is 1. The summed E-state index contributed by atoms with van der Waals surface area (Å²) in [7, 11) is 0. The van der Waals surface area contributed by atoms with E-state index in [4.69, 9.17) is 5.41 Å². The van der Waals surface area contributed by atoms with Gasteiger partial charge in [0.05, 0.1) is 22.5 Å². The fourth-order valence-corrected chi connectivity index (χ4v) is 4.42. The molecule has 0 aliphatic carbocycles. The molecule has 0 spiro atoms. The number of hydrogen-bond acceptors (Lipinski definition) is 4. The summed E-state index contributed by atoms with van der Waals surface area (Å²) >= 11 is 1.46. The second kappa shape index (κ2) is 7.60. The number of benzene rings is 1. The number of ketones is 1. The standard InChI is InChI=1S/C20H24N4OS/c21-20-23(13-12-22-10-4-1-5-11-22)16-7-2-3-8-17(16)24(20)15-18(25)19-9-6-14-26-19/h2-3,6-9,14,21H,1,4-5,10-13,15H2. The summed E-state index contributed by atoms with van der Waals surface area (Å²) in [6.07, 6.45) is 3.88. The van der Waals surface area contributed by atoms with Gasteiger partial charge in [0.15, 0.2) is 5.78 Å². The lowest BCUT2D eigenvalue weighted by Crippen LogP contribution is -2.35. The van der Waals surface area contributed by atoms with Crippen LogP contribution in [-0.4, -0.2) is 39.5 Å². The highest BCUT2D eigenvalue weighted by Crippen LogP contribution is 2.16. The van der Waals surface area contributed by atoms with Crippen LogP contribution in [0.3, 0.4) is 0 Å². The molecular weight excluding hydrogens is 344 g/mol. The van der Waals surface area contributed by atoms with Crippen molar-refractivity contribution < 1.29 is 4.79 Å². The molecule has 136 valence electrons. The summed E-state index contributed by atoms with van der Waals surface area (Å²) in [6, 6.07) is 11.8. The summed E-state index contributed by atoms with van der Waals surface area (Å²) in [5, 5.41) is 10.6. The second-order valence-electron chi connectivity index (χ2n) is 6.85. The molecule has 0 bridgehead atoms. The molecule has 1 aliphatic heterocycles. The first-order valence-electron chi connectivity index (χ1n) is 9.26. The summed E-state index contributed by atoms with van der Waals surface area (Å²) in [5.41, 5.74) is 2.41. The molecule has 0 amide bonds. The van der Waals surface area contributed by atoms with Crippen LogP contribution < -0.4 is 5.62 Å². The van der Waals surface area contributed by atoms with Crippen LogP contribution in [0.25, 0.3) is 11.0 Å². The first-order valence-corrected chi connectivity index (χ1v) is 10.1. The zero-order chi connectivity index (χ0) is 17.9. The maximum absolute atomic E-state index is 12.6. The number of fused-ring (bicyclic) bond motifs is 1. The van der Waals surface area contributed by atoms with Crippen LogP contribution in [-0.2, 0) is 13.1 Å². The van der Waals surface area contributed by atoms with Crippen molar-refractivity contribution in [2.24, 2.45) is 0 Å². The van der Waals surface area contributed by atoms with Crippen molar-refractivity contribution in [1.82, 2.24) is 14.0 Å². The molecule has 0 atom stereocenters. The van der Waals surface area contributed by atoms with E-state index in [9.17, 15) is 4.79 Å². The number of likely N-dealkylation sites (tertiary alicyclic amines) is 1. The molecule has 3 aromatic rings. The van der Waals surface area contributed by atoms with Crippen molar-refractivity contribution in [2.45, 2.75) is 32.4 Å². The van der Waals surface area contributed by atoms with Crippen molar-refractivity contribution in [3.8, 4) is 0 Å². The normalized spacial score (nSPS) is 15.5. The Balaban J connectivity index is 1.62. The highest BCUT2D eigenvalue weighted by Gasteiger charge is 2.16. The fraction of sp³-hybridized carbons (Fsp3) is 0.400. The molecule has 1 aliphatic rings. The Morgan fingerprint density at radius 1 is 0.962 bits per heavy atom. The van der Waals surface area contributed by atoms with Crippen LogP contribution >= 0.6 is 11.3 Å². The number of piperidine rings is 1. The highest BCUT2D eigenvalue weighted by atomic mass is 32.1. The van der Waals surface area contributed by atoms with Crippen molar-refractivity contribution in [3.63, 3.8) is 0 Å². The maximum atomic E-state index is 12.6. The molecule has 1 fully saturated rings. The van der Waals surface area contributed by atoms with Gasteiger partial charge in [-0.25, -0.2) is 0 Å². The van der Waals surface area contributed by atoms with Crippen molar-refractivity contribution in [2.75, 3.05) is 19.6 Å². The Kier molecular flexibility index (Phi) is 5.04. The largest absolute Gasteiger partial charge is 0.309 e. The Labute approximate surface area is 157 Å². The van der Waals surface area contributed by atoms with Gasteiger partial charge in [0.2, 0.25) is 5.62 Å². The minimum absolute atomic E-state index is 0.0671. The average molecular weight is 369 g/mol. The van der Waals surface area contributed by atoms with E-state index < -0.39 is 0 Å². The SMILES string of the molecule is N=c1n(CCN2CCCCC2)c2ccccc2n1CC(=O)c1cccs1. The Bertz CT molecular complexity index is 948. The molecule has 4 rings (SSSR count). The van der Waals surface area contributed by atoms with Crippen molar-refractivity contribution in [3.05, 3.63) is 52.3 Å². The van der Waals surface area contributed by atoms with Gasteiger partial charge in [0.1, 0.15) is 0 Å². The summed E-state index contributed by atoms with van der Waals surface area (Å²) < 4.78 is 3.89. The lowest BCUT2D eigenvalue weighted by atomic mass is 10.1. The van der Waals surface area contributed by atoms with E-state index in [1.54, 1.807) is 0 Å². The van der Waals surface area contributed by atoms with Gasteiger partial charge in [-0.3, -0.25) is 10.2 Å². The van der Waals surface area contributed by atoms with Gasteiger partial charge in [-0.1, -0.05) is 24.6 Å². The van der Waals surface area contributed by atoms with Crippen molar-refractivity contribution in [1.29, 1.82) is 5.41 Å².